The Bertz CT molecular complexity index is 4960. The van der Waals surface area contributed by atoms with Crippen molar-refractivity contribution in [3.05, 3.63) is 307 Å². The van der Waals surface area contributed by atoms with Gasteiger partial charge in [-0.3, -0.25) is 0 Å². The minimum Gasteiger partial charge on any atom is -0.170 e. The Morgan fingerprint density at radius 1 is 0.254 bits per heavy atom. The molecule has 0 N–H and O–H groups in total. The maximum atomic E-state index is 13.2. The first-order valence-corrected chi connectivity index (χ1v) is 44.3. The zero-order valence-electron chi connectivity index (χ0n) is 79.9. The molecule has 0 spiro atoms. The number of aryl methyl sites for hydroxylation is 7. The highest BCUT2D eigenvalue weighted by Crippen LogP contribution is 2.60. The Kier molecular flexibility index (Phi) is 42.1. The van der Waals surface area contributed by atoms with Crippen molar-refractivity contribution in [2.45, 2.75) is 385 Å². The molecule has 0 unspecified atom stereocenters. The summed E-state index contributed by atoms with van der Waals surface area (Å²) in [6.45, 7) is 71.8. The van der Waals surface area contributed by atoms with E-state index in [0.717, 1.165) is 22.6 Å². The Morgan fingerprint density at radius 2 is 0.516 bits per heavy atom. The standard InChI is InChI=1S/C21H28.C20H26.C19H24F6.C19H30.C18H22.C17H20.6CH4/c1-15-12-13-16(14-19(15)21(5,6)7)17-10-8-9-11-18(17)20(2,3)4;1-14(2)17-9-7-8-10-18(17)16-12-11-15(3)19(13-16)20(4,5)6;1-12-5-6-14(11-15(12)16(2,3)4)13-7-9-17(10-8-13,18(20,21)22)19(23,24)25;1-14-7-8-16(13-17(14)18(2,3)4)15-9-11-19(5,6)12-10-15;1-13-8-6-7-9-16(13)15-11-10-14(2)17(12-15)18(3,4)5;1-13-10-11-15(12-16(13)17(2,3)4)14-8-6-5-7-9-14;;;;;;/h8-14H,1-7H3;7-14H,1-6H3;5-6,11,13H,7-10H2,1-4H3;7-8,13,15H,9-12H2,1-6H3;6-12H,1-5H3;5-12H,1-4H3;6*1H4. The maximum Gasteiger partial charge on any atom is 0.403 e. The van der Waals surface area contributed by atoms with Crippen molar-refractivity contribution in [1.82, 2.24) is 0 Å². The van der Waals surface area contributed by atoms with Crippen LogP contribution in [0.5, 0.6) is 0 Å². The van der Waals surface area contributed by atoms with Gasteiger partial charge >= 0.3 is 12.4 Å². The van der Waals surface area contributed by atoms with Crippen LogP contribution in [0.15, 0.2) is 212 Å². The molecule has 0 aliphatic heterocycles. The van der Waals surface area contributed by atoms with Gasteiger partial charge < -0.3 is 0 Å². The summed E-state index contributed by atoms with van der Waals surface area (Å²) >= 11 is 0. The van der Waals surface area contributed by atoms with Crippen molar-refractivity contribution in [2.24, 2.45) is 10.8 Å². The molecule has 6 heteroatoms. The van der Waals surface area contributed by atoms with Crippen LogP contribution in [0.4, 0.5) is 26.3 Å². The van der Waals surface area contributed by atoms with Gasteiger partial charge in [0.1, 0.15) is 0 Å². The van der Waals surface area contributed by atoms with Crippen molar-refractivity contribution in [3.8, 4) is 44.5 Å². The number of hydrogen-bond acceptors (Lipinski definition) is 0. The second-order valence-electron chi connectivity index (χ2n) is 43.3. The lowest BCUT2D eigenvalue weighted by Gasteiger charge is -2.42. The van der Waals surface area contributed by atoms with Crippen LogP contribution in [0.2, 0.25) is 0 Å². The predicted molar refractivity (Wildman–Crippen MR) is 550 cm³/mol. The third kappa shape index (κ3) is 30.7. The first-order valence-electron chi connectivity index (χ1n) is 44.3. The number of alkyl halides is 6. The van der Waals surface area contributed by atoms with E-state index in [9.17, 15) is 26.3 Å². The fourth-order valence-corrected chi connectivity index (χ4v) is 17.9. The average molecular weight is 1730 g/mol. The number of rotatable bonds is 7. The van der Waals surface area contributed by atoms with Crippen LogP contribution >= 0.6 is 0 Å². The average Bonchev–Trinajstić information content (AvgIpc) is 0.742. The molecule has 0 aromatic heterocycles. The highest BCUT2D eigenvalue weighted by atomic mass is 19.4. The number of benzene rings is 10. The fourth-order valence-electron chi connectivity index (χ4n) is 17.9. The molecule has 0 saturated heterocycles. The first kappa shape index (κ1) is 116. The second-order valence-corrected chi connectivity index (χ2v) is 43.3. The third-order valence-electron chi connectivity index (χ3n) is 25.0. The van der Waals surface area contributed by atoms with E-state index < -0.39 is 30.6 Å². The Hall–Kier alpha value is -8.22. The molecular formula is C120H174F6. The molecule has 126 heavy (non-hydrogen) atoms. The summed E-state index contributed by atoms with van der Waals surface area (Å²) in [6, 6.07) is 76.9. The first-order chi connectivity index (χ1) is 55.2. The van der Waals surface area contributed by atoms with Gasteiger partial charge in [0, 0.05) is 0 Å². The SMILES string of the molecule is C.C.C.C.C.C.Cc1ccc(-c2ccccc2)cc1C(C)(C)C.Cc1ccc(-c2ccccc2C(C)(C)C)cc1C(C)(C)C.Cc1ccc(-c2ccccc2C(C)C)cc1C(C)(C)C.Cc1ccc(C2CCC(C(F)(F)F)(C(F)(F)F)CC2)cc1C(C)(C)C.Cc1ccc(C2CCC(C)(C)CC2)cc1C(C)(C)C.Cc1ccccc1-c1ccc(C)c(C(C)(C)C)c1. The van der Waals surface area contributed by atoms with E-state index in [0.29, 0.717) is 11.3 Å². The predicted octanol–water partition coefficient (Wildman–Crippen LogP) is 39.4. The zero-order valence-corrected chi connectivity index (χ0v) is 79.9. The zero-order chi connectivity index (χ0) is 90.1. The number of hydrogen-bond donors (Lipinski definition) is 0. The minimum absolute atomic E-state index is 0. The van der Waals surface area contributed by atoms with E-state index in [2.05, 4.69) is 388 Å². The summed E-state index contributed by atoms with van der Waals surface area (Å²) in [7, 11) is 0. The molecule has 10 aromatic rings. The molecule has 696 valence electrons. The van der Waals surface area contributed by atoms with E-state index >= 15 is 0 Å². The Morgan fingerprint density at radius 3 is 0.849 bits per heavy atom. The molecule has 0 radical (unpaired) electrons. The Labute approximate surface area is 769 Å². The van der Waals surface area contributed by atoms with Crippen molar-refractivity contribution in [2.75, 3.05) is 0 Å². The van der Waals surface area contributed by atoms with Gasteiger partial charge in [-0.25, -0.2) is 0 Å². The molecule has 12 rings (SSSR count). The summed E-state index contributed by atoms with van der Waals surface area (Å²) in [5, 5.41) is 0. The van der Waals surface area contributed by atoms with E-state index in [-0.39, 0.29) is 101 Å². The summed E-state index contributed by atoms with van der Waals surface area (Å²) in [6.07, 6.45) is -7.07. The summed E-state index contributed by atoms with van der Waals surface area (Å²) in [5.41, 5.74) is 31.6. The lowest BCUT2D eigenvalue weighted by atomic mass is 9.67. The van der Waals surface area contributed by atoms with E-state index in [1.54, 1.807) is 5.56 Å². The largest absolute Gasteiger partial charge is 0.403 e. The Balaban J connectivity index is 0.000000752. The molecule has 0 heterocycles. The molecule has 2 fully saturated rings. The second kappa shape index (κ2) is 45.8. The van der Waals surface area contributed by atoms with Crippen molar-refractivity contribution >= 4 is 0 Å². The molecule has 2 aliphatic rings. The topological polar surface area (TPSA) is 0 Å². The molecule has 0 bridgehead atoms. The van der Waals surface area contributed by atoms with Crippen LogP contribution in [0, 0.1) is 59.3 Å². The van der Waals surface area contributed by atoms with E-state index in [4.69, 9.17) is 0 Å². The van der Waals surface area contributed by atoms with Crippen molar-refractivity contribution < 1.29 is 26.3 Å². The highest BCUT2D eigenvalue weighted by Gasteiger charge is 2.70. The van der Waals surface area contributed by atoms with E-state index in [1.165, 1.54) is 143 Å². The summed E-state index contributed by atoms with van der Waals surface area (Å²) in [4.78, 5) is 0. The summed E-state index contributed by atoms with van der Waals surface area (Å²) in [5.74, 6) is 1.07. The van der Waals surface area contributed by atoms with Crippen LogP contribution in [0.3, 0.4) is 0 Å². The molecule has 0 nitrogen and oxygen atoms in total. The van der Waals surface area contributed by atoms with Crippen LogP contribution < -0.4 is 0 Å². The molecule has 10 aromatic carbocycles. The molecule has 2 aliphatic carbocycles. The van der Waals surface area contributed by atoms with Gasteiger partial charge in [0.25, 0.3) is 0 Å². The van der Waals surface area contributed by atoms with Gasteiger partial charge in [-0.15, -0.1) is 0 Å². The van der Waals surface area contributed by atoms with E-state index in [1.807, 2.05) is 45.9 Å². The quantitative estimate of drug-likeness (QED) is 0.140. The third-order valence-corrected chi connectivity index (χ3v) is 25.0. The lowest BCUT2D eigenvalue weighted by Crippen LogP contribution is -2.51. The van der Waals surface area contributed by atoms with Gasteiger partial charge in [-0.2, -0.15) is 26.3 Å². The van der Waals surface area contributed by atoms with Crippen molar-refractivity contribution in [3.63, 3.8) is 0 Å². The molecule has 2 saturated carbocycles. The minimum atomic E-state index is -5.26. The highest BCUT2D eigenvalue weighted by molar-refractivity contribution is 5.72. The van der Waals surface area contributed by atoms with Crippen LogP contribution in [0.1, 0.15) is 381 Å². The molecule has 0 atom stereocenters. The normalized spacial score (nSPS) is 14.2. The van der Waals surface area contributed by atoms with Crippen LogP contribution in [-0.4, -0.2) is 12.4 Å². The van der Waals surface area contributed by atoms with Gasteiger partial charge in [0.15, 0.2) is 5.41 Å². The lowest BCUT2D eigenvalue weighted by molar-refractivity contribution is -0.350. The molecular weight excluding hydrogens is 1560 g/mol. The number of halogens is 6. The van der Waals surface area contributed by atoms with Crippen LogP contribution in [-0.2, 0) is 37.9 Å². The molecule has 0 amide bonds. The van der Waals surface area contributed by atoms with Gasteiger partial charge in [0.2, 0.25) is 0 Å². The maximum absolute atomic E-state index is 13.2. The summed E-state index contributed by atoms with van der Waals surface area (Å²) < 4.78 is 79.1. The van der Waals surface area contributed by atoms with Gasteiger partial charge in [-0.05, 0) is 300 Å². The van der Waals surface area contributed by atoms with Gasteiger partial charge in [0.05, 0.1) is 0 Å². The fraction of sp³-hybridized carbons (Fsp3) is 0.500. The monoisotopic (exact) mass is 1730 g/mol. The van der Waals surface area contributed by atoms with Crippen LogP contribution in [0.25, 0.3) is 44.5 Å². The van der Waals surface area contributed by atoms with Gasteiger partial charge in [-0.1, -0.05) is 430 Å². The smallest absolute Gasteiger partial charge is 0.170 e. The van der Waals surface area contributed by atoms with Crippen molar-refractivity contribution in [1.29, 1.82) is 0 Å².